The van der Waals surface area contributed by atoms with Crippen LogP contribution in [0.2, 0.25) is 0 Å². The van der Waals surface area contributed by atoms with Crippen LogP contribution >= 0.6 is 0 Å². The molecule has 0 spiro atoms. The monoisotopic (exact) mass is 219 g/mol. The summed E-state index contributed by atoms with van der Waals surface area (Å²) in [7, 11) is 5.14. The van der Waals surface area contributed by atoms with Crippen molar-refractivity contribution < 1.29 is 4.79 Å². The van der Waals surface area contributed by atoms with Crippen molar-refractivity contribution in [3.63, 3.8) is 0 Å². The molecule has 6 nitrogen and oxygen atoms in total. The van der Waals surface area contributed by atoms with Crippen molar-refractivity contribution in [2.24, 2.45) is 0 Å². The summed E-state index contributed by atoms with van der Waals surface area (Å²) in [5.74, 6) is 0.544. The predicted octanol–water partition coefficient (Wildman–Crippen LogP) is -0.127. The number of nitriles is 1. The highest BCUT2D eigenvalue weighted by molar-refractivity contribution is 5.80. The quantitative estimate of drug-likeness (QED) is 0.708. The van der Waals surface area contributed by atoms with Crippen LogP contribution in [-0.4, -0.2) is 48.5 Å². The van der Waals surface area contributed by atoms with Gasteiger partial charge in [0.1, 0.15) is 11.9 Å². The van der Waals surface area contributed by atoms with Gasteiger partial charge in [-0.2, -0.15) is 5.26 Å². The molecule has 0 aliphatic carbocycles. The molecule has 16 heavy (non-hydrogen) atoms. The zero-order valence-electron chi connectivity index (χ0n) is 9.51. The number of hydrogen-bond donors (Lipinski definition) is 0. The molecule has 0 aliphatic rings. The molecule has 0 saturated carbocycles. The maximum absolute atomic E-state index is 11.4. The van der Waals surface area contributed by atoms with Gasteiger partial charge in [0.05, 0.1) is 18.9 Å². The molecule has 6 heteroatoms. The molecule has 0 saturated heterocycles. The van der Waals surface area contributed by atoms with Crippen LogP contribution in [0.1, 0.15) is 5.69 Å². The third-order valence-electron chi connectivity index (χ3n) is 2.02. The van der Waals surface area contributed by atoms with E-state index in [-0.39, 0.29) is 18.1 Å². The molecule has 0 aliphatic heterocycles. The smallest absolute Gasteiger partial charge is 0.241 e. The third-order valence-corrected chi connectivity index (χ3v) is 2.02. The first-order valence-electron chi connectivity index (χ1n) is 4.68. The lowest BCUT2D eigenvalue weighted by atomic mass is 10.4. The molecule has 1 amide bonds. The Balaban J connectivity index is 2.70. The molecule has 0 fully saturated rings. The van der Waals surface area contributed by atoms with Gasteiger partial charge in [-0.3, -0.25) is 4.79 Å². The van der Waals surface area contributed by atoms with Crippen molar-refractivity contribution in [1.82, 2.24) is 14.9 Å². The fourth-order valence-corrected chi connectivity index (χ4v) is 1.00. The SMILES string of the molecule is CN(C)C(=O)CN(C)c1cnc(C#N)cn1. The molecule has 1 aromatic heterocycles. The maximum atomic E-state index is 11.4. The van der Waals surface area contributed by atoms with Gasteiger partial charge >= 0.3 is 0 Å². The minimum absolute atomic E-state index is 0.0198. The van der Waals surface area contributed by atoms with Crippen LogP contribution in [0.5, 0.6) is 0 Å². The summed E-state index contributed by atoms with van der Waals surface area (Å²) >= 11 is 0. The Morgan fingerprint density at radius 1 is 1.38 bits per heavy atom. The van der Waals surface area contributed by atoms with Gasteiger partial charge in [-0.05, 0) is 0 Å². The van der Waals surface area contributed by atoms with E-state index >= 15 is 0 Å². The number of hydrogen-bond acceptors (Lipinski definition) is 5. The Labute approximate surface area is 94.1 Å². The fraction of sp³-hybridized carbons (Fsp3) is 0.400. The lowest BCUT2D eigenvalue weighted by Gasteiger charge is -2.19. The van der Waals surface area contributed by atoms with Crippen molar-refractivity contribution in [3.8, 4) is 6.07 Å². The van der Waals surface area contributed by atoms with Gasteiger partial charge in [0, 0.05) is 21.1 Å². The number of carbonyl (C=O) groups is 1. The van der Waals surface area contributed by atoms with E-state index in [1.807, 2.05) is 6.07 Å². The third kappa shape index (κ3) is 2.92. The maximum Gasteiger partial charge on any atom is 0.241 e. The van der Waals surface area contributed by atoms with E-state index < -0.39 is 0 Å². The first-order chi connectivity index (χ1) is 7.54. The Kier molecular flexibility index (Phi) is 3.78. The van der Waals surface area contributed by atoms with Gasteiger partial charge in [0.25, 0.3) is 0 Å². The molecule has 1 heterocycles. The van der Waals surface area contributed by atoms with Gasteiger partial charge in [0.2, 0.25) is 5.91 Å². The summed E-state index contributed by atoms with van der Waals surface area (Å²) in [5, 5.41) is 8.56. The highest BCUT2D eigenvalue weighted by atomic mass is 16.2. The van der Waals surface area contributed by atoms with E-state index in [1.54, 1.807) is 26.0 Å². The van der Waals surface area contributed by atoms with Crippen LogP contribution in [-0.2, 0) is 4.79 Å². The lowest BCUT2D eigenvalue weighted by molar-refractivity contribution is -0.127. The normalized spacial score (nSPS) is 9.38. The van der Waals surface area contributed by atoms with E-state index in [9.17, 15) is 4.79 Å². The number of rotatable bonds is 3. The Morgan fingerprint density at radius 3 is 2.50 bits per heavy atom. The Morgan fingerprint density at radius 2 is 2.06 bits per heavy atom. The average Bonchev–Trinajstić information content (AvgIpc) is 2.28. The molecule has 0 unspecified atom stereocenters. The van der Waals surface area contributed by atoms with Gasteiger partial charge in [-0.15, -0.1) is 0 Å². The molecule has 0 bridgehead atoms. The average molecular weight is 219 g/mol. The van der Waals surface area contributed by atoms with Crippen LogP contribution in [0.4, 0.5) is 5.82 Å². The summed E-state index contributed by atoms with van der Waals surface area (Å²) in [5.41, 5.74) is 0.260. The van der Waals surface area contributed by atoms with Crippen LogP contribution in [0, 0.1) is 11.3 Å². The highest BCUT2D eigenvalue weighted by Crippen LogP contribution is 2.06. The van der Waals surface area contributed by atoms with E-state index in [1.165, 1.54) is 17.3 Å². The van der Waals surface area contributed by atoms with Gasteiger partial charge in [-0.1, -0.05) is 0 Å². The number of anilines is 1. The molecular formula is C10H13N5O. The molecule has 1 rings (SSSR count). The zero-order chi connectivity index (χ0) is 12.1. The second kappa shape index (κ2) is 5.07. The summed E-state index contributed by atoms with van der Waals surface area (Å²) in [6.07, 6.45) is 2.85. The summed E-state index contributed by atoms with van der Waals surface area (Å²) < 4.78 is 0. The van der Waals surface area contributed by atoms with Crippen LogP contribution < -0.4 is 4.90 Å². The first kappa shape index (κ1) is 11.9. The minimum atomic E-state index is -0.0198. The number of aromatic nitrogens is 2. The van der Waals surface area contributed by atoms with Crippen molar-refractivity contribution in [3.05, 3.63) is 18.1 Å². The van der Waals surface area contributed by atoms with Crippen LogP contribution in [0.15, 0.2) is 12.4 Å². The second-order valence-electron chi connectivity index (χ2n) is 3.52. The largest absolute Gasteiger partial charge is 0.349 e. The van der Waals surface area contributed by atoms with Crippen molar-refractivity contribution in [2.75, 3.05) is 32.6 Å². The molecule has 0 aromatic carbocycles. The van der Waals surface area contributed by atoms with Crippen LogP contribution in [0.25, 0.3) is 0 Å². The molecule has 0 N–H and O–H groups in total. The van der Waals surface area contributed by atoms with Gasteiger partial charge < -0.3 is 9.80 Å². The van der Waals surface area contributed by atoms with E-state index in [2.05, 4.69) is 9.97 Å². The van der Waals surface area contributed by atoms with E-state index in [0.29, 0.717) is 5.82 Å². The van der Waals surface area contributed by atoms with Gasteiger partial charge in [0.15, 0.2) is 5.69 Å². The summed E-state index contributed by atoms with van der Waals surface area (Å²) in [6, 6.07) is 1.88. The number of likely N-dealkylation sites (N-methyl/N-ethyl adjacent to an activating group) is 2. The predicted molar refractivity (Wildman–Crippen MR) is 58.7 cm³/mol. The van der Waals surface area contributed by atoms with Crippen LogP contribution in [0.3, 0.4) is 0 Å². The van der Waals surface area contributed by atoms with Crippen molar-refractivity contribution in [1.29, 1.82) is 5.26 Å². The lowest BCUT2D eigenvalue weighted by Crippen LogP contribution is -2.34. The Hall–Kier alpha value is -2.16. The topological polar surface area (TPSA) is 73.1 Å². The minimum Gasteiger partial charge on any atom is -0.349 e. The summed E-state index contributed by atoms with van der Waals surface area (Å²) in [4.78, 5) is 22.5. The van der Waals surface area contributed by atoms with Crippen molar-refractivity contribution in [2.45, 2.75) is 0 Å². The number of nitrogens with zero attached hydrogens (tertiary/aromatic N) is 5. The number of carbonyl (C=O) groups excluding carboxylic acids is 1. The summed E-state index contributed by atoms with van der Waals surface area (Å²) in [6.45, 7) is 0.230. The standard InChI is InChI=1S/C10H13N5O/c1-14(2)10(16)7-15(3)9-6-12-8(4-11)5-13-9/h5-6H,7H2,1-3H3. The second-order valence-corrected chi connectivity index (χ2v) is 3.52. The first-order valence-corrected chi connectivity index (χ1v) is 4.68. The van der Waals surface area contributed by atoms with Gasteiger partial charge in [-0.25, -0.2) is 9.97 Å². The highest BCUT2D eigenvalue weighted by Gasteiger charge is 2.10. The molecular weight excluding hydrogens is 206 g/mol. The van der Waals surface area contributed by atoms with Crippen molar-refractivity contribution >= 4 is 11.7 Å². The van der Waals surface area contributed by atoms with E-state index in [0.717, 1.165) is 0 Å². The zero-order valence-corrected chi connectivity index (χ0v) is 9.51. The molecule has 1 aromatic rings. The van der Waals surface area contributed by atoms with E-state index in [4.69, 9.17) is 5.26 Å². The molecule has 0 radical (unpaired) electrons. The molecule has 84 valence electrons. The molecule has 0 atom stereocenters. The Bertz CT molecular complexity index is 406. The number of amides is 1. The fourth-order valence-electron chi connectivity index (χ4n) is 1.00.